The van der Waals surface area contributed by atoms with E-state index in [0.29, 0.717) is 6.42 Å². The third kappa shape index (κ3) is 6.15. The number of hydrogen-bond donors (Lipinski definition) is 4. The predicted molar refractivity (Wildman–Crippen MR) is 175 cm³/mol. The summed E-state index contributed by atoms with van der Waals surface area (Å²) >= 11 is 0. The lowest BCUT2D eigenvalue weighted by atomic mass is 10.00. The Morgan fingerprint density at radius 3 is 2.51 bits per heavy atom. The summed E-state index contributed by atoms with van der Waals surface area (Å²) in [6.45, 7) is 3.56. The number of H-pyrrole nitrogens is 2. The molecular weight excluding hydrogens is 539 g/mol. The van der Waals surface area contributed by atoms with Crippen LogP contribution in [0.3, 0.4) is 0 Å². The largest absolute Gasteiger partial charge is 0.384 e. The van der Waals surface area contributed by atoms with E-state index in [4.69, 9.17) is 0 Å². The Morgan fingerprint density at radius 1 is 0.860 bits per heavy atom. The van der Waals surface area contributed by atoms with Crippen LogP contribution in [-0.4, -0.2) is 53.2 Å². The fourth-order valence-electron chi connectivity index (χ4n) is 5.43. The summed E-state index contributed by atoms with van der Waals surface area (Å²) < 4.78 is 14.7. The number of carbonyl (C=O) groups is 1. The summed E-state index contributed by atoms with van der Waals surface area (Å²) in [7, 11) is 4.03. The number of rotatable bonds is 10. The minimum Gasteiger partial charge on any atom is -0.384 e. The average molecular weight is 575 g/mol. The van der Waals surface area contributed by atoms with Crippen molar-refractivity contribution in [3.05, 3.63) is 90.7 Å². The van der Waals surface area contributed by atoms with E-state index >= 15 is 0 Å². The molecule has 0 fully saturated rings. The molecule has 0 radical (unpaired) electrons. The highest BCUT2D eigenvalue weighted by molar-refractivity contribution is 6.02. The van der Waals surface area contributed by atoms with E-state index in [9.17, 15) is 9.18 Å². The molecule has 0 atom stereocenters. The number of amides is 1. The Bertz CT molecular complexity index is 1920. The number of likely N-dealkylation sites (N-methyl/N-ethyl adjacent to an activating group) is 1. The second-order valence-electron chi connectivity index (χ2n) is 11.1. The molecule has 1 amide bonds. The van der Waals surface area contributed by atoms with E-state index in [-0.39, 0.29) is 11.7 Å². The molecule has 0 saturated carbocycles. The molecule has 7 nitrogen and oxygen atoms in total. The number of hydrogen-bond acceptors (Lipinski definition) is 4. The van der Waals surface area contributed by atoms with Crippen molar-refractivity contribution in [2.75, 3.05) is 37.8 Å². The molecule has 0 bridgehead atoms. The molecule has 0 aliphatic heterocycles. The van der Waals surface area contributed by atoms with Crippen LogP contribution in [0.2, 0.25) is 0 Å². The van der Waals surface area contributed by atoms with Gasteiger partial charge in [-0.25, -0.2) is 4.39 Å². The van der Waals surface area contributed by atoms with Crippen molar-refractivity contribution >= 4 is 39.1 Å². The van der Waals surface area contributed by atoms with Gasteiger partial charge in [0.25, 0.3) is 0 Å². The maximum Gasteiger partial charge on any atom is 0.224 e. The van der Waals surface area contributed by atoms with Crippen molar-refractivity contribution in [3.63, 3.8) is 0 Å². The summed E-state index contributed by atoms with van der Waals surface area (Å²) in [5.74, 6) is -0.266. The average Bonchev–Trinajstić information content (AvgIpc) is 3.60. The number of nitrogens with zero attached hydrogens (tertiary/aromatic N) is 2. The smallest absolute Gasteiger partial charge is 0.224 e. The van der Waals surface area contributed by atoms with Crippen LogP contribution in [0.15, 0.2) is 84.9 Å². The van der Waals surface area contributed by atoms with Gasteiger partial charge in [0, 0.05) is 47.2 Å². The van der Waals surface area contributed by atoms with Crippen LogP contribution >= 0.6 is 0 Å². The molecule has 8 heteroatoms. The lowest BCUT2D eigenvalue weighted by Gasteiger charge is -2.13. The number of fused-ring (bicyclic) bond motifs is 2. The zero-order valence-corrected chi connectivity index (χ0v) is 24.6. The molecule has 0 aliphatic carbocycles. The van der Waals surface area contributed by atoms with Crippen LogP contribution in [0.4, 0.5) is 15.8 Å². The van der Waals surface area contributed by atoms with E-state index in [1.165, 1.54) is 6.07 Å². The van der Waals surface area contributed by atoms with Gasteiger partial charge in [0.15, 0.2) is 0 Å². The van der Waals surface area contributed by atoms with Gasteiger partial charge in [0.05, 0.1) is 11.2 Å². The van der Waals surface area contributed by atoms with Gasteiger partial charge in [0.1, 0.15) is 11.5 Å². The van der Waals surface area contributed by atoms with Crippen molar-refractivity contribution in [2.45, 2.75) is 19.8 Å². The van der Waals surface area contributed by atoms with Gasteiger partial charge in [-0.3, -0.25) is 9.89 Å². The predicted octanol–water partition coefficient (Wildman–Crippen LogP) is 7.90. The van der Waals surface area contributed by atoms with Crippen LogP contribution in [0.1, 0.15) is 19.8 Å². The van der Waals surface area contributed by atoms with Crippen LogP contribution in [0.5, 0.6) is 0 Å². The van der Waals surface area contributed by atoms with Crippen molar-refractivity contribution in [1.29, 1.82) is 0 Å². The van der Waals surface area contributed by atoms with Crippen molar-refractivity contribution in [2.24, 2.45) is 0 Å². The molecule has 0 unspecified atom stereocenters. The molecule has 218 valence electrons. The third-order valence-corrected chi connectivity index (χ3v) is 7.54. The zero-order valence-electron chi connectivity index (χ0n) is 24.6. The van der Waals surface area contributed by atoms with E-state index in [0.717, 1.165) is 86.3 Å². The topological polar surface area (TPSA) is 88.8 Å². The first-order chi connectivity index (χ1) is 20.9. The van der Waals surface area contributed by atoms with E-state index < -0.39 is 0 Å². The summed E-state index contributed by atoms with van der Waals surface area (Å²) in [5, 5.41) is 16.1. The highest BCUT2D eigenvalue weighted by Crippen LogP contribution is 2.36. The quantitative estimate of drug-likeness (QED) is 0.134. The zero-order chi connectivity index (χ0) is 29.9. The first-order valence-electron chi connectivity index (χ1n) is 14.6. The number of aromatic nitrogens is 3. The maximum atomic E-state index is 14.7. The normalized spacial score (nSPS) is 11.5. The lowest BCUT2D eigenvalue weighted by molar-refractivity contribution is -0.116. The van der Waals surface area contributed by atoms with Crippen LogP contribution in [0.25, 0.3) is 55.4 Å². The van der Waals surface area contributed by atoms with Gasteiger partial charge >= 0.3 is 0 Å². The van der Waals surface area contributed by atoms with Crippen LogP contribution < -0.4 is 10.6 Å². The number of aromatic amines is 2. The van der Waals surface area contributed by atoms with E-state index in [2.05, 4.69) is 48.9 Å². The number of anilines is 2. The van der Waals surface area contributed by atoms with Gasteiger partial charge in [-0.1, -0.05) is 37.3 Å². The first kappa shape index (κ1) is 28.2. The second-order valence-corrected chi connectivity index (χ2v) is 11.1. The van der Waals surface area contributed by atoms with Crippen LogP contribution in [0, 0.1) is 5.82 Å². The minimum absolute atomic E-state index is 0.0143. The molecule has 6 aromatic rings. The molecule has 6 rings (SSSR count). The number of carbonyl (C=O) groups excluding carboxylic acids is 1. The standard InChI is InChI=1S/C35H35FN6O/c1-4-7-34(43)38-26-9-5-8-22(17-26)23-12-13-32-30(19-23)35(41-40-32)33-21-29-28(10-6-11-31(29)39-33)24-16-25(36)20-27(18-24)37-14-15-42(2)3/h5-6,8-13,16-21,37,39H,4,7,14-15H2,1-3H3,(H,38,43)(H,40,41). The summed E-state index contributed by atoms with van der Waals surface area (Å²) in [4.78, 5) is 17.8. The van der Waals surface area contributed by atoms with Gasteiger partial charge in [-0.05, 0) is 97.4 Å². The Kier molecular flexibility index (Phi) is 7.94. The highest BCUT2D eigenvalue weighted by atomic mass is 19.1. The van der Waals surface area contributed by atoms with Gasteiger partial charge in [-0.15, -0.1) is 0 Å². The first-order valence-corrected chi connectivity index (χ1v) is 14.6. The fourth-order valence-corrected chi connectivity index (χ4v) is 5.43. The van der Waals surface area contributed by atoms with Crippen molar-refractivity contribution < 1.29 is 9.18 Å². The number of benzene rings is 4. The Labute approximate surface area is 250 Å². The molecule has 2 heterocycles. The minimum atomic E-state index is -0.280. The molecule has 0 spiro atoms. The monoisotopic (exact) mass is 574 g/mol. The van der Waals surface area contributed by atoms with Crippen molar-refractivity contribution in [1.82, 2.24) is 20.1 Å². The Balaban J connectivity index is 1.35. The molecule has 0 aliphatic rings. The summed E-state index contributed by atoms with van der Waals surface area (Å²) in [5.41, 5.74) is 8.84. The molecular formula is C35H35FN6O. The lowest BCUT2D eigenvalue weighted by Crippen LogP contribution is -2.20. The number of nitrogens with one attached hydrogen (secondary N) is 4. The third-order valence-electron chi connectivity index (χ3n) is 7.54. The van der Waals surface area contributed by atoms with Gasteiger partial charge < -0.3 is 20.5 Å². The molecule has 43 heavy (non-hydrogen) atoms. The SMILES string of the molecule is CCCC(=O)Nc1cccc(-c2ccc3[nH]nc(-c4cc5c(-c6cc(F)cc(NCCN(C)C)c6)cccc5[nH]4)c3c2)c1. The molecule has 4 N–H and O–H groups in total. The Morgan fingerprint density at radius 2 is 1.67 bits per heavy atom. The maximum absolute atomic E-state index is 14.7. The molecule has 4 aromatic carbocycles. The van der Waals surface area contributed by atoms with Gasteiger partial charge in [0.2, 0.25) is 5.91 Å². The molecule has 0 saturated heterocycles. The number of halogens is 1. The van der Waals surface area contributed by atoms with Crippen molar-refractivity contribution in [3.8, 4) is 33.6 Å². The molecule has 2 aromatic heterocycles. The summed E-state index contributed by atoms with van der Waals surface area (Å²) in [6, 6.07) is 27.3. The van der Waals surface area contributed by atoms with Crippen LogP contribution in [-0.2, 0) is 4.79 Å². The fraction of sp³-hybridized carbons (Fsp3) is 0.200. The summed E-state index contributed by atoms with van der Waals surface area (Å²) in [6.07, 6.45) is 1.30. The second kappa shape index (κ2) is 12.1. The highest BCUT2D eigenvalue weighted by Gasteiger charge is 2.15. The van der Waals surface area contributed by atoms with E-state index in [1.807, 2.05) is 75.6 Å². The van der Waals surface area contributed by atoms with E-state index in [1.54, 1.807) is 6.07 Å². The van der Waals surface area contributed by atoms with Gasteiger partial charge in [-0.2, -0.15) is 5.10 Å². The Hall–Kier alpha value is -4.95.